The molecule has 0 amide bonds. The molecule has 0 atom stereocenters. The molecule has 1 aromatic carbocycles. The van der Waals surface area contributed by atoms with E-state index in [1.807, 2.05) is 35.9 Å². The van der Waals surface area contributed by atoms with Crippen molar-refractivity contribution in [2.75, 3.05) is 0 Å². The third kappa shape index (κ3) is 3.87. The third-order valence-electron chi connectivity index (χ3n) is 2.95. The van der Waals surface area contributed by atoms with Crippen LogP contribution in [-0.4, -0.2) is 20.9 Å². The molecule has 0 fully saturated rings. The summed E-state index contributed by atoms with van der Waals surface area (Å²) in [5, 5.41) is 13.2. The molecule has 2 rings (SSSR count). The molecule has 0 aliphatic heterocycles. The maximum absolute atomic E-state index is 10.6. The topological polar surface area (TPSA) is 55.1 Å². The Morgan fingerprint density at radius 3 is 2.65 bits per heavy atom. The second kappa shape index (κ2) is 6.61. The fourth-order valence-corrected chi connectivity index (χ4v) is 2.90. The van der Waals surface area contributed by atoms with Crippen molar-refractivity contribution < 1.29 is 9.90 Å². The Hall–Kier alpha value is -1.75. The predicted molar refractivity (Wildman–Crippen MR) is 80.0 cm³/mol. The first kappa shape index (κ1) is 14.7. The van der Waals surface area contributed by atoms with Crippen molar-refractivity contribution in [3.8, 4) is 0 Å². The van der Waals surface area contributed by atoms with Gasteiger partial charge in [-0.3, -0.25) is 9.48 Å². The predicted octanol–water partition coefficient (Wildman–Crippen LogP) is 3.13. The van der Waals surface area contributed by atoms with Crippen LogP contribution in [0.1, 0.15) is 23.9 Å². The van der Waals surface area contributed by atoms with Crippen molar-refractivity contribution in [3.05, 3.63) is 47.3 Å². The summed E-state index contributed by atoms with van der Waals surface area (Å²) in [4.78, 5) is 11.8. The zero-order valence-corrected chi connectivity index (χ0v) is 12.5. The number of thioether (sulfide) groups is 1. The van der Waals surface area contributed by atoms with Gasteiger partial charge in [-0.25, -0.2) is 0 Å². The van der Waals surface area contributed by atoms with Crippen LogP contribution in [0.4, 0.5) is 0 Å². The second-order valence-corrected chi connectivity index (χ2v) is 5.64. The number of benzene rings is 1. The second-order valence-electron chi connectivity index (χ2n) is 4.60. The lowest BCUT2D eigenvalue weighted by Crippen LogP contribution is -2.01. The van der Waals surface area contributed by atoms with Crippen LogP contribution < -0.4 is 0 Å². The van der Waals surface area contributed by atoms with Crippen LogP contribution in [0.2, 0.25) is 0 Å². The van der Waals surface area contributed by atoms with E-state index in [0.29, 0.717) is 0 Å². The largest absolute Gasteiger partial charge is 0.481 e. The minimum absolute atomic E-state index is 0.0761. The van der Waals surface area contributed by atoms with Gasteiger partial charge < -0.3 is 5.11 Å². The van der Waals surface area contributed by atoms with Crippen molar-refractivity contribution in [2.45, 2.75) is 37.5 Å². The first-order chi connectivity index (χ1) is 9.58. The van der Waals surface area contributed by atoms with Gasteiger partial charge in [0.05, 0.1) is 12.1 Å². The number of carboxylic acids is 1. The van der Waals surface area contributed by atoms with E-state index in [4.69, 9.17) is 5.11 Å². The van der Waals surface area contributed by atoms with E-state index in [-0.39, 0.29) is 6.42 Å². The highest BCUT2D eigenvalue weighted by atomic mass is 32.2. The summed E-state index contributed by atoms with van der Waals surface area (Å²) in [6.07, 6.45) is 0.0761. The van der Waals surface area contributed by atoms with Crippen LogP contribution in [0.5, 0.6) is 0 Å². The summed E-state index contributed by atoms with van der Waals surface area (Å²) in [6.45, 7) is 4.96. The van der Waals surface area contributed by atoms with Crippen LogP contribution in [-0.2, 0) is 23.5 Å². The molecular formula is C15H18N2O2S. The maximum atomic E-state index is 10.6. The Bertz CT molecular complexity index is 590. The molecule has 2 aromatic rings. The normalized spacial score (nSPS) is 10.7. The third-order valence-corrected chi connectivity index (χ3v) is 4.00. The fourth-order valence-electron chi connectivity index (χ4n) is 2.02. The van der Waals surface area contributed by atoms with Gasteiger partial charge in [0, 0.05) is 22.9 Å². The van der Waals surface area contributed by atoms with Crippen molar-refractivity contribution in [2.24, 2.45) is 0 Å². The SMILES string of the molecule is CCn1nc(C)cc1CSc1ccc(CC(=O)O)cc1. The first-order valence-corrected chi connectivity index (χ1v) is 7.54. The molecule has 0 radical (unpaired) electrons. The molecule has 0 bridgehead atoms. The Labute approximate surface area is 122 Å². The van der Waals surface area contributed by atoms with Gasteiger partial charge in [0.1, 0.15) is 0 Å². The highest BCUT2D eigenvalue weighted by molar-refractivity contribution is 7.98. The number of carboxylic acid groups (broad SMARTS) is 1. The van der Waals surface area contributed by atoms with Gasteiger partial charge in [0.15, 0.2) is 0 Å². The molecule has 1 heterocycles. The van der Waals surface area contributed by atoms with E-state index in [1.165, 1.54) is 5.69 Å². The summed E-state index contributed by atoms with van der Waals surface area (Å²) < 4.78 is 2.02. The van der Waals surface area contributed by atoms with E-state index in [0.717, 1.165) is 28.5 Å². The number of aliphatic carboxylic acids is 1. The van der Waals surface area contributed by atoms with E-state index in [2.05, 4.69) is 18.1 Å². The highest BCUT2D eigenvalue weighted by Crippen LogP contribution is 2.23. The minimum atomic E-state index is -0.798. The van der Waals surface area contributed by atoms with E-state index in [1.54, 1.807) is 11.8 Å². The standard InChI is InChI=1S/C15H18N2O2S/c1-3-17-13(8-11(2)16-17)10-20-14-6-4-12(5-7-14)9-15(18)19/h4-8H,3,9-10H2,1-2H3,(H,18,19). The summed E-state index contributed by atoms with van der Waals surface area (Å²) >= 11 is 1.74. The van der Waals surface area contributed by atoms with Gasteiger partial charge >= 0.3 is 5.97 Å². The average molecular weight is 290 g/mol. The molecule has 20 heavy (non-hydrogen) atoms. The van der Waals surface area contributed by atoms with Crippen LogP contribution in [0, 0.1) is 6.92 Å². The van der Waals surface area contributed by atoms with Gasteiger partial charge in [-0.15, -0.1) is 11.8 Å². The molecule has 4 nitrogen and oxygen atoms in total. The van der Waals surface area contributed by atoms with Crippen LogP contribution in [0.3, 0.4) is 0 Å². The smallest absolute Gasteiger partial charge is 0.307 e. The number of rotatable bonds is 6. The first-order valence-electron chi connectivity index (χ1n) is 6.55. The molecule has 0 unspecified atom stereocenters. The van der Waals surface area contributed by atoms with Crippen molar-refractivity contribution in [1.29, 1.82) is 0 Å². The van der Waals surface area contributed by atoms with Crippen molar-refractivity contribution >= 4 is 17.7 Å². The van der Waals surface area contributed by atoms with E-state index < -0.39 is 5.97 Å². The van der Waals surface area contributed by atoms with Crippen LogP contribution >= 0.6 is 11.8 Å². The summed E-state index contributed by atoms with van der Waals surface area (Å²) in [6, 6.07) is 9.80. The van der Waals surface area contributed by atoms with Gasteiger partial charge in [0.2, 0.25) is 0 Å². The van der Waals surface area contributed by atoms with E-state index >= 15 is 0 Å². The molecule has 106 valence electrons. The number of aromatic nitrogens is 2. The molecule has 5 heteroatoms. The number of nitrogens with zero attached hydrogens (tertiary/aromatic N) is 2. The monoisotopic (exact) mass is 290 g/mol. The molecule has 1 N–H and O–H groups in total. The minimum Gasteiger partial charge on any atom is -0.481 e. The Morgan fingerprint density at radius 2 is 2.05 bits per heavy atom. The summed E-state index contributed by atoms with van der Waals surface area (Å²) in [5.74, 6) is 0.0696. The lowest BCUT2D eigenvalue weighted by atomic mass is 10.2. The zero-order chi connectivity index (χ0) is 14.5. The Balaban J connectivity index is 1.98. The quantitative estimate of drug-likeness (QED) is 0.830. The maximum Gasteiger partial charge on any atom is 0.307 e. The highest BCUT2D eigenvalue weighted by Gasteiger charge is 2.05. The summed E-state index contributed by atoms with van der Waals surface area (Å²) in [7, 11) is 0. The van der Waals surface area contributed by atoms with Gasteiger partial charge in [-0.05, 0) is 37.6 Å². The molecule has 0 spiro atoms. The number of aryl methyl sites for hydroxylation is 2. The van der Waals surface area contributed by atoms with Gasteiger partial charge in [-0.2, -0.15) is 5.10 Å². The van der Waals surface area contributed by atoms with Crippen molar-refractivity contribution in [3.63, 3.8) is 0 Å². The molecule has 0 saturated heterocycles. The average Bonchev–Trinajstić information content (AvgIpc) is 2.78. The van der Waals surface area contributed by atoms with Crippen LogP contribution in [0.25, 0.3) is 0 Å². The lowest BCUT2D eigenvalue weighted by Gasteiger charge is -2.05. The number of carbonyl (C=O) groups is 1. The zero-order valence-electron chi connectivity index (χ0n) is 11.7. The number of hydrogen-bond acceptors (Lipinski definition) is 3. The molecule has 0 aliphatic carbocycles. The Morgan fingerprint density at radius 1 is 1.35 bits per heavy atom. The molecule has 0 aliphatic rings. The molecule has 0 saturated carbocycles. The van der Waals surface area contributed by atoms with Crippen molar-refractivity contribution in [1.82, 2.24) is 9.78 Å². The lowest BCUT2D eigenvalue weighted by molar-refractivity contribution is -0.136. The molecular weight excluding hydrogens is 272 g/mol. The van der Waals surface area contributed by atoms with Crippen LogP contribution in [0.15, 0.2) is 35.2 Å². The summed E-state index contributed by atoms with van der Waals surface area (Å²) in [5.41, 5.74) is 3.08. The molecule has 1 aromatic heterocycles. The Kier molecular flexibility index (Phi) is 4.84. The van der Waals surface area contributed by atoms with Gasteiger partial charge in [0.25, 0.3) is 0 Å². The number of hydrogen-bond donors (Lipinski definition) is 1. The van der Waals surface area contributed by atoms with E-state index in [9.17, 15) is 4.79 Å². The van der Waals surface area contributed by atoms with Gasteiger partial charge in [-0.1, -0.05) is 12.1 Å². The fraction of sp³-hybridized carbons (Fsp3) is 0.333.